The Morgan fingerprint density at radius 2 is 1.72 bits per heavy atom. The van der Waals surface area contributed by atoms with Crippen molar-refractivity contribution in [2.24, 2.45) is 0 Å². The fourth-order valence-corrected chi connectivity index (χ4v) is 5.57. The minimum absolute atomic E-state index is 0.0568. The van der Waals surface area contributed by atoms with Gasteiger partial charge in [0, 0.05) is 28.7 Å². The van der Waals surface area contributed by atoms with Gasteiger partial charge in [-0.2, -0.15) is 5.10 Å². The number of carbonyl (C=O) groups excluding carboxylic acids is 1. The molecular weight excluding hydrogens is 388 g/mol. The molecule has 3 heterocycles. The summed E-state index contributed by atoms with van der Waals surface area (Å²) in [5, 5.41) is 7.30. The first-order chi connectivity index (χ1) is 13.7. The first-order valence-electron chi connectivity index (χ1n) is 9.57. The van der Waals surface area contributed by atoms with Gasteiger partial charge in [-0.15, -0.1) is 0 Å². The molecule has 0 saturated carbocycles. The molecule has 1 aromatic carbocycles. The highest BCUT2D eigenvalue weighted by atomic mass is 32.2. The third-order valence-corrected chi connectivity index (χ3v) is 7.06. The van der Waals surface area contributed by atoms with Gasteiger partial charge in [0.25, 0.3) is 5.91 Å². The number of aryl methyl sites for hydroxylation is 3. The molecule has 4 rings (SSSR count). The normalized spacial score (nSPS) is 18.1. The van der Waals surface area contributed by atoms with Crippen LogP contribution < -0.4 is 5.32 Å². The Morgan fingerprint density at radius 1 is 1.07 bits per heavy atom. The van der Waals surface area contributed by atoms with Gasteiger partial charge in [-0.25, -0.2) is 13.1 Å². The molecule has 2 aromatic heterocycles. The van der Waals surface area contributed by atoms with Crippen molar-refractivity contribution in [3.8, 4) is 5.69 Å². The van der Waals surface area contributed by atoms with Crippen LogP contribution in [-0.2, 0) is 9.84 Å². The Labute approximate surface area is 170 Å². The summed E-state index contributed by atoms with van der Waals surface area (Å²) in [5.74, 6) is 0.487. The molecule has 29 heavy (non-hydrogen) atoms. The Bertz CT molecular complexity index is 1150. The second-order valence-corrected chi connectivity index (χ2v) is 9.85. The number of benzene rings is 1. The van der Waals surface area contributed by atoms with E-state index in [1.807, 2.05) is 32.9 Å². The first kappa shape index (κ1) is 19.4. The smallest absolute Gasteiger partial charge is 0.256 e. The average molecular weight is 413 g/mol. The summed E-state index contributed by atoms with van der Waals surface area (Å²) in [6.07, 6.45) is 0.511. The maximum atomic E-state index is 12.8. The van der Waals surface area contributed by atoms with Crippen LogP contribution in [0, 0.1) is 20.8 Å². The van der Waals surface area contributed by atoms with E-state index in [1.54, 1.807) is 22.9 Å². The van der Waals surface area contributed by atoms with Crippen LogP contribution in [0.15, 0.2) is 42.5 Å². The summed E-state index contributed by atoms with van der Waals surface area (Å²) in [4.78, 5) is 12.8. The van der Waals surface area contributed by atoms with E-state index in [1.165, 1.54) is 0 Å². The van der Waals surface area contributed by atoms with Crippen LogP contribution in [-0.4, -0.2) is 40.2 Å². The molecule has 3 aromatic rings. The van der Waals surface area contributed by atoms with Crippen molar-refractivity contribution in [1.82, 2.24) is 14.3 Å². The Hall–Kier alpha value is -2.87. The van der Waals surface area contributed by atoms with Gasteiger partial charge in [-0.1, -0.05) is 0 Å². The zero-order valence-electron chi connectivity index (χ0n) is 16.7. The number of rotatable bonds is 4. The van der Waals surface area contributed by atoms with Crippen LogP contribution in [0.1, 0.15) is 39.9 Å². The van der Waals surface area contributed by atoms with E-state index in [2.05, 4.69) is 27.1 Å². The van der Waals surface area contributed by atoms with E-state index in [4.69, 9.17) is 0 Å². The second kappa shape index (κ2) is 7.18. The highest BCUT2D eigenvalue weighted by Crippen LogP contribution is 2.27. The van der Waals surface area contributed by atoms with Crippen molar-refractivity contribution in [3.05, 3.63) is 65.1 Å². The van der Waals surface area contributed by atoms with Crippen molar-refractivity contribution in [2.45, 2.75) is 33.2 Å². The molecular formula is C21H24N4O3S. The van der Waals surface area contributed by atoms with E-state index in [-0.39, 0.29) is 23.5 Å². The number of nitrogens with one attached hydrogen (secondary N) is 1. The summed E-state index contributed by atoms with van der Waals surface area (Å²) >= 11 is 0. The van der Waals surface area contributed by atoms with Gasteiger partial charge in [-0.05, 0) is 63.6 Å². The lowest BCUT2D eigenvalue weighted by Gasteiger charge is -2.14. The first-order valence-corrected chi connectivity index (χ1v) is 11.4. The number of sulfone groups is 1. The van der Waals surface area contributed by atoms with Crippen LogP contribution in [0.3, 0.4) is 0 Å². The molecule has 1 unspecified atom stereocenters. The molecule has 1 N–H and O–H groups in total. The molecule has 0 radical (unpaired) electrons. The highest BCUT2D eigenvalue weighted by molar-refractivity contribution is 7.91. The highest BCUT2D eigenvalue weighted by Gasteiger charge is 2.31. The maximum Gasteiger partial charge on any atom is 0.256 e. The van der Waals surface area contributed by atoms with Gasteiger partial charge in [-0.3, -0.25) is 4.79 Å². The van der Waals surface area contributed by atoms with Crippen LogP contribution in [0.4, 0.5) is 5.82 Å². The zero-order valence-corrected chi connectivity index (χ0v) is 17.5. The molecule has 8 heteroatoms. The lowest BCUT2D eigenvalue weighted by Crippen LogP contribution is -2.19. The number of nitrogens with zero attached hydrogens (tertiary/aromatic N) is 3. The Kier molecular flexibility index (Phi) is 4.82. The summed E-state index contributed by atoms with van der Waals surface area (Å²) in [6.45, 7) is 5.91. The fraction of sp³-hybridized carbons (Fsp3) is 0.333. The van der Waals surface area contributed by atoms with Gasteiger partial charge in [0.15, 0.2) is 9.84 Å². The van der Waals surface area contributed by atoms with Gasteiger partial charge in [0.05, 0.1) is 23.2 Å². The number of hydrogen-bond acceptors (Lipinski definition) is 4. The summed E-state index contributed by atoms with van der Waals surface area (Å²) in [7, 11) is -3.04. The SMILES string of the molecule is Cc1cc(NC(=O)c2ccc(-n3c(C)ccc3C)cc2)n(C2CCS(=O)(=O)C2)n1. The lowest BCUT2D eigenvalue weighted by atomic mass is 10.2. The van der Waals surface area contributed by atoms with Crippen LogP contribution in [0.25, 0.3) is 5.69 Å². The average Bonchev–Trinajstić information content (AvgIpc) is 3.32. The van der Waals surface area contributed by atoms with Crippen LogP contribution in [0.5, 0.6) is 0 Å². The number of amides is 1. The molecule has 1 fully saturated rings. The minimum atomic E-state index is -3.04. The largest absolute Gasteiger partial charge is 0.319 e. The van der Waals surface area contributed by atoms with Gasteiger partial charge >= 0.3 is 0 Å². The summed E-state index contributed by atoms with van der Waals surface area (Å²) in [6, 6.07) is 13.1. The molecule has 152 valence electrons. The molecule has 0 aliphatic carbocycles. The van der Waals surface area contributed by atoms with Gasteiger partial charge < -0.3 is 9.88 Å². The van der Waals surface area contributed by atoms with E-state index in [9.17, 15) is 13.2 Å². The molecule has 1 amide bonds. The van der Waals surface area contributed by atoms with E-state index < -0.39 is 9.84 Å². The zero-order chi connectivity index (χ0) is 20.8. The predicted octanol–water partition coefficient (Wildman–Crippen LogP) is 3.21. The minimum Gasteiger partial charge on any atom is -0.319 e. The number of aromatic nitrogens is 3. The summed E-state index contributed by atoms with van der Waals surface area (Å²) in [5.41, 5.74) is 4.52. The standard InChI is InChI=1S/C21H24N4O3S/c1-14-12-20(25(23-14)19-10-11-29(27,28)13-19)22-21(26)17-6-8-18(9-7-17)24-15(2)4-5-16(24)3/h4-9,12,19H,10-11,13H2,1-3H3,(H,22,26). The van der Waals surface area contributed by atoms with Crippen LogP contribution in [0.2, 0.25) is 0 Å². The monoisotopic (exact) mass is 412 g/mol. The summed E-state index contributed by atoms with van der Waals surface area (Å²) < 4.78 is 27.4. The Balaban J connectivity index is 1.55. The maximum absolute atomic E-state index is 12.8. The molecule has 1 aliphatic rings. The number of hydrogen-bond donors (Lipinski definition) is 1. The van der Waals surface area contributed by atoms with E-state index in [0.29, 0.717) is 17.8 Å². The second-order valence-electron chi connectivity index (χ2n) is 7.62. The molecule has 1 atom stereocenters. The van der Waals surface area contributed by atoms with E-state index in [0.717, 1.165) is 22.8 Å². The van der Waals surface area contributed by atoms with E-state index >= 15 is 0 Å². The number of anilines is 1. The van der Waals surface area contributed by atoms with Gasteiger partial charge in [0.2, 0.25) is 0 Å². The van der Waals surface area contributed by atoms with Crippen molar-refractivity contribution < 1.29 is 13.2 Å². The fourth-order valence-electron chi connectivity index (χ4n) is 3.88. The van der Waals surface area contributed by atoms with Gasteiger partial charge in [0.1, 0.15) is 5.82 Å². The molecule has 0 bridgehead atoms. The lowest BCUT2D eigenvalue weighted by molar-refractivity contribution is 0.102. The topological polar surface area (TPSA) is 86.0 Å². The molecule has 7 nitrogen and oxygen atoms in total. The quantitative estimate of drug-likeness (QED) is 0.713. The third kappa shape index (κ3) is 3.85. The molecule has 0 spiro atoms. The van der Waals surface area contributed by atoms with Crippen molar-refractivity contribution in [1.29, 1.82) is 0 Å². The van der Waals surface area contributed by atoms with Crippen molar-refractivity contribution in [3.63, 3.8) is 0 Å². The molecule has 1 aliphatic heterocycles. The predicted molar refractivity (Wildman–Crippen MR) is 112 cm³/mol. The third-order valence-electron chi connectivity index (χ3n) is 5.31. The van der Waals surface area contributed by atoms with Crippen molar-refractivity contribution >= 4 is 21.6 Å². The van der Waals surface area contributed by atoms with Crippen LogP contribution >= 0.6 is 0 Å². The number of carbonyl (C=O) groups is 1. The van der Waals surface area contributed by atoms with Crippen molar-refractivity contribution in [2.75, 3.05) is 16.8 Å². The Morgan fingerprint density at radius 3 is 2.31 bits per heavy atom. The molecule has 1 saturated heterocycles.